The highest BCUT2D eigenvalue weighted by molar-refractivity contribution is 5.84. The Morgan fingerprint density at radius 3 is 2.70 bits per heavy atom. The highest BCUT2D eigenvalue weighted by Crippen LogP contribution is 2.19. The number of benzene rings is 1. The van der Waals surface area contributed by atoms with E-state index in [1.807, 2.05) is 28.0 Å². The summed E-state index contributed by atoms with van der Waals surface area (Å²) in [5.74, 6) is 0.441. The van der Waals surface area contributed by atoms with E-state index in [9.17, 15) is 9.59 Å². The van der Waals surface area contributed by atoms with E-state index in [0.717, 1.165) is 52.0 Å². The molecule has 2 saturated heterocycles. The molecule has 0 radical (unpaired) electrons. The van der Waals surface area contributed by atoms with Crippen molar-refractivity contribution >= 4 is 11.8 Å². The molecule has 2 aliphatic heterocycles. The summed E-state index contributed by atoms with van der Waals surface area (Å²) in [5, 5.41) is 0. The van der Waals surface area contributed by atoms with Crippen LogP contribution in [0.15, 0.2) is 30.3 Å². The normalized spacial score (nSPS) is 21.5. The number of rotatable bonds is 7. The lowest BCUT2D eigenvalue weighted by atomic mass is 10.1. The Kier molecular flexibility index (Phi) is 7.24. The molecule has 1 atom stereocenters. The lowest BCUT2D eigenvalue weighted by molar-refractivity contribution is -0.132. The minimum atomic E-state index is -0.0266. The molecule has 0 bridgehead atoms. The van der Waals surface area contributed by atoms with Crippen LogP contribution in [-0.2, 0) is 20.7 Å². The summed E-state index contributed by atoms with van der Waals surface area (Å²) in [6, 6.07) is 10.1. The zero-order valence-electron chi connectivity index (χ0n) is 16.3. The van der Waals surface area contributed by atoms with Crippen LogP contribution in [0.5, 0.6) is 0 Å². The first kappa shape index (κ1) is 19.8. The van der Waals surface area contributed by atoms with Crippen LogP contribution in [0.1, 0.15) is 24.8 Å². The highest BCUT2D eigenvalue weighted by atomic mass is 16.5. The van der Waals surface area contributed by atoms with Gasteiger partial charge in [-0.2, -0.15) is 0 Å². The number of carbonyl (C=O) groups is 2. The van der Waals surface area contributed by atoms with Crippen molar-refractivity contribution in [1.29, 1.82) is 0 Å². The Morgan fingerprint density at radius 1 is 1.11 bits per heavy atom. The van der Waals surface area contributed by atoms with Gasteiger partial charge >= 0.3 is 0 Å². The number of aryl methyl sites for hydroxylation is 1. The van der Waals surface area contributed by atoms with Gasteiger partial charge in [0, 0.05) is 52.8 Å². The van der Waals surface area contributed by atoms with Crippen molar-refractivity contribution < 1.29 is 14.3 Å². The Bertz CT molecular complexity index is 622. The minimum absolute atomic E-state index is 0.0266. The first-order chi connectivity index (χ1) is 13.2. The molecule has 1 aromatic rings. The molecule has 148 valence electrons. The van der Waals surface area contributed by atoms with E-state index in [1.165, 1.54) is 5.56 Å². The van der Waals surface area contributed by atoms with E-state index in [2.05, 4.69) is 17.0 Å². The molecule has 0 saturated carbocycles. The standard InChI is InChI=1S/C21H31N3O3/c1-27-17-16-24-13-10-19(21(24)26)22-11-5-12-23(15-14-22)20(25)9-8-18-6-3-2-4-7-18/h2-4,6-7,19H,5,8-17H2,1H3/t19-/m1/s1. The molecule has 2 heterocycles. The number of likely N-dealkylation sites (tertiary alicyclic amines) is 1. The van der Waals surface area contributed by atoms with E-state index in [4.69, 9.17) is 4.74 Å². The number of carbonyl (C=O) groups excluding carboxylic acids is 2. The summed E-state index contributed by atoms with van der Waals surface area (Å²) in [5.41, 5.74) is 1.20. The van der Waals surface area contributed by atoms with Gasteiger partial charge in [0.2, 0.25) is 11.8 Å². The Hall–Kier alpha value is -1.92. The molecule has 2 fully saturated rings. The van der Waals surface area contributed by atoms with Gasteiger partial charge in [0.25, 0.3) is 0 Å². The van der Waals surface area contributed by atoms with E-state index in [1.54, 1.807) is 7.11 Å². The zero-order chi connectivity index (χ0) is 19.1. The van der Waals surface area contributed by atoms with Crippen LogP contribution < -0.4 is 0 Å². The first-order valence-corrected chi connectivity index (χ1v) is 10.0. The van der Waals surface area contributed by atoms with Crippen molar-refractivity contribution in [3.05, 3.63) is 35.9 Å². The summed E-state index contributed by atoms with van der Waals surface area (Å²) in [6.07, 6.45) is 3.15. The smallest absolute Gasteiger partial charge is 0.240 e. The first-order valence-electron chi connectivity index (χ1n) is 10.0. The SMILES string of the molecule is COCCN1CC[C@@H](N2CCCN(C(=O)CCc3ccccc3)CC2)C1=O. The van der Waals surface area contributed by atoms with Gasteiger partial charge in [-0.3, -0.25) is 14.5 Å². The number of nitrogens with zero attached hydrogens (tertiary/aromatic N) is 3. The molecule has 0 aromatic heterocycles. The predicted molar refractivity (Wildman–Crippen MR) is 104 cm³/mol. The van der Waals surface area contributed by atoms with Gasteiger partial charge in [0.1, 0.15) is 0 Å². The number of ether oxygens (including phenoxy) is 1. The van der Waals surface area contributed by atoms with E-state index < -0.39 is 0 Å². The molecular formula is C21H31N3O3. The second-order valence-corrected chi connectivity index (χ2v) is 7.38. The van der Waals surface area contributed by atoms with Crippen LogP contribution in [0.2, 0.25) is 0 Å². The maximum atomic E-state index is 12.6. The Labute approximate surface area is 162 Å². The molecule has 0 spiro atoms. The van der Waals surface area contributed by atoms with Gasteiger partial charge in [-0.15, -0.1) is 0 Å². The molecule has 1 aromatic carbocycles. The summed E-state index contributed by atoms with van der Waals surface area (Å²) >= 11 is 0. The third-order valence-corrected chi connectivity index (χ3v) is 5.63. The largest absolute Gasteiger partial charge is 0.383 e. The summed E-state index contributed by atoms with van der Waals surface area (Å²) in [4.78, 5) is 31.4. The maximum Gasteiger partial charge on any atom is 0.240 e. The molecule has 2 amide bonds. The third kappa shape index (κ3) is 5.30. The van der Waals surface area contributed by atoms with E-state index in [-0.39, 0.29) is 17.9 Å². The average molecular weight is 373 g/mol. The maximum absolute atomic E-state index is 12.6. The average Bonchev–Trinajstić information content (AvgIpc) is 2.90. The minimum Gasteiger partial charge on any atom is -0.383 e. The fourth-order valence-corrected chi connectivity index (χ4v) is 4.04. The van der Waals surface area contributed by atoms with Crippen molar-refractivity contribution in [2.45, 2.75) is 31.7 Å². The van der Waals surface area contributed by atoms with Crippen molar-refractivity contribution in [3.8, 4) is 0 Å². The highest BCUT2D eigenvalue weighted by Gasteiger charge is 2.36. The molecular weight excluding hydrogens is 342 g/mol. The molecule has 2 aliphatic rings. The molecule has 6 nitrogen and oxygen atoms in total. The van der Waals surface area contributed by atoms with Crippen molar-refractivity contribution in [2.24, 2.45) is 0 Å². The molecule has 0 aliphatic carbocycles. The van der Waals surface area contributed by atoms with Crippen molar-refractivity contribution in [2.75, 3.05) is 53.0 Å². The van der Waals surface area contributed by atoms with Gasteiger partial charge < -0.3 is 14.5 Å². The van der Waals surface area contributed by atoms with Crippen LogP contribution in [0.4, 0.5) is 0 Å². The fraction of sp³-hybridized carbons (Fsp3) is 0.619. The van der Waals surface area contributed by atoms with Gasteiger partial charge in [-0.1, -0.05) is 30.3 Å². The number of methoxy groups -OCH3 is 1. The van der Waals surface area contributed by atoms with E-state index >= 15 is 0 Å². The fourth-order valence-electron chi connectivity index (χ4n) is 4.04. The van der Waals surface area contributed by atoms with Crippen LogP contribution in [0.3, 0.4) is 0 Å². The molecule has 3 rings (SSSR count). The molecule has 6 heteroatoms. The van der Waals surface area contributed by atoms with Crippen LogP contribution in [0, 0.1) is 0 Å². The lowest BCUT2D eigenvalue weighted by Gasteiger charge is -2.26. The zero-order valence-corrected chi connectivity index (χ0v) is 16.3. The monoisotopic (exact) mass is 373 g/mol. The summed E-state index contributed by atoms with van der Waals surface area (Å²) < 4.78 is 5.10. The van der Waals surface area contributed by atoms with Gasteiger partial charge in [0.15, 0.2) is 0 Å². The Morgan fingerprint density at radius 2 is 1.93 bits per heavy atom. The quantitative estimate of drug-likeness (QED) is 0.725. The lowest BCUT2D eigenvalue weighted by Crippen LogP contribution is -2.44. The second kappa shape index (κ2) is 9.85. The third-order valence-electron chi connectivity index (χ3n) is 5.63. The second-order valence-electron chi connectivity index (χ2n) is 7.38. The van der Waals surface area contributed by atoms with Gasteiger partial charge in [-0.05, 0) is 24.8 Å². The summed E-state index contributed by atoms with van der Waals surface area (Å²) in [7, 11) is 1.66. The molecule has 27 heavy (non-hydrogen) atoms. The summed E-state index contributed by atoms with van der Waals surface area (Å²) in [6.45, 7) is 5.24. The number of amides is 2. The number of hydrogen-bond acceptors (Lipinski definition) is 4. The van der Waals surface area contributed by atoms with Crippen molar-refractivity contribution in [1.82, 2.24) is 14.7 Å². The van der Waals surface area contributed by atoms with Crippen LogP contribution >= 0.6 is 0 Å². The van der Waals surface area contributed by atoms with Crippen LogP contribution in [-0.4, -0.2) is 85.5 Å². The predicted octanol–water partition coefficient (Wildman–Crippen LogP) is 1.40. The molecule has 0 unspecified atom stereocenters. The van der Waals surface area contributed by atoms with Gasteiger partial charge in [-0.25, -0.2) is 0 Å². The number of hydrogen-bond donors (Lipinski definition) is 0. The van der Waals surface area contributed by atoms with Gasteiger partial charge in [0.05, 0.1) is 12.6 Å². The molecule has 0 N–H and O–H groups in total. The van der Waals surface area contributed by atoms with E-state index in [0.29, 0.717) is 19.6 Å². The Balaban J connectivity index is 1.47. The van der Waals surface area contributed by atoms with Crippen molar-refractivity contribution in [3.63, 3.8) is 0 Å². The van der Waals surface area contributed by atoms with Crippen LogP contribution in [0.25, 0.3) is 0 Å². The topological polar surface area (TPSA) is 53.1 Å².